The minimum Gasteiger partial charge on any atom is -0.366 e. The number of pyridine rings is 1. The summed E-state index contributed by atoms with van der Waals surface area (Å²) in [6.45, 7) is 3.06. The zero-order valence-electron chi connectivity index (χ0n) is 14.5. The van der Waals surface area contributed by atoms with E-state index < -0.39 is 0 Å². The molecule has 0 atom stereocenters. The lowest BCUT2D eigenvalue weighted by molar-refractivity contribution is 0.0984. The van der Waals surface area contributed by atoms with E-state index in [4.69, 9.17) is 0 Å². The fourth-order valence-electron chi connectivity index (χ4n) is 3.15. The van der Waals surface area contributed by atoms with Gasteiger partial charge < -0.3 is 10.2 Å². The number of amides is 1. The summed E-state index contributed by atoms with van der Waals surface area (Å²) in [6.07, 6.45) is 4.41. The first-order valence-corrected chi connectivity index (χ1v) is 8.59. The van der Waals surface area contributed by atoms with E-state index in [-0.39, 0.29) is 5.91 Å². The van der Waals surface area contributed by atoms with Gasteiger partial charge in [0.25, 0.3) is 5.91 Å². The standard InChI is InChI=1S/C20H19N5O/c1-14-23-17(11-19(24-14)22-13-15-5-4-9-21-12-15)20(26)25-10-8-16-6-2-3-7-18(16)25/h2-7,9,11-12H,8,10,13H2,1H3,(H,22,23,24). The Labute approximate surface area is 151 Å². The Morgan fingerprint density at radius 1 is 1.19 bits per heavy atom. The highest BCUT2D eigenvalue weighted by atomic mass is 16.2. The molecule has 6 heteroatoms. The van der Waals surface area contributed by atoms with E-state index in [0.717, 1.165) is 17.7 Å². The predicted octanol–water partition coefficient (Wildman–Crippen LogP) is 3.00. The van der Waals surface area contributed by atoms with Crippen molar-refractivity contribution >= 4 is 17.4 Å². The van der Waals surface area contributed by atoms with Crippen LogP contribution in [0.15, 0.2) is 54.9 Å². The van der Waals surface area contributed by atoms with Gasteiger partial charge in [0, 0.05) is 37.2 Å². The molecule has 0 saturated heterocycles. The number of rotatable bonds is 4. The van der Waals surface area contributed by atoms with Gasteiger partial charge in [-0.05, 0) is 36.6 Å². The second kappa shape index (κ2) is 6.92. The van der Waals surface area contributed by atoms with Crippen LogP contribution in [0.4, 0.5) is 11.5 Å². The fraction of sp³-hybridized carbons (Fsp3) is 0.200. The normalized spacial score (nSPS) is 12.7. The van der Waals surface area contributed by atoms with E-state index in [1.54, 1.807) is 30.3 Å². The minimum atomic E-state index is -0.0927. The first-order chi connectivity index (χ1) is 12.7. The van der Waals surface area contributed by atoms with Gasteiger partial charge in [-0.15, -0.1) is 0 Å². The molecule has 0 unspecified atom stereocenters. The third-order valence-corrected chi connectivity index (χ3v) is 4.39. The number of nitrogens with zero attached hydrogens (tertiary/aromatic N) is 4. The van der Waals surface area contributed by atoms with E-state index in [2.05, 4.69) is 26.3 Å². The second-order valence-corrected chi connectivity index (χ2v) is 6.24. The molecule has 0 spiro atoms. The highest BCUT2D eigenvalue weighted by molar-refractivity contribution is 6.06. The van der Waals surface area contributed by atoms with Crippen molar-refractivity contribution in [3.63, 3.8) is 0 Å². The molecule has 0 fully saturated rings. The molecular formula is C20H19N5O. The number of fused-ring (bicyclic) bond motifs is 1. The van der Waals surface area contributed by atoms with Crippen molar-refractivity contribution < 1.29 is 4.79 Å². The Hall–Kier alpha value is -3.28. The van der Waals surface area contributed by atoms with Gasteiger partial charge >= 0.3 is 0 Å². The Bertz CT molecular complexity index is 942. The number of hydrogen-bond acceptors (Lipinski definition) is 5. The number of aryl methyl sites for hydroxylation is 1. The van der Waals surface area contributed by atoms with Gasteiger partial charge in [0.2, 0.25) is 0 Å². The number of aromatic nitrogens is 3. The van der Waals surface area contributed by atoms with Gasteiger partial charge in [-0.2, -0.15) is 0 Å². The third-order valence-electron chi connectivity index (χ3n) is 4.39. The summed E-state index contributed by atoms with van der Waals surface area (Å²) in [5.41, 5.74) is 3.62. The zero-order chi connectivity index (χ0) is 17.9. The molecular weight excluding hydrogens is 326 g/mol. The molecule has 1 aliphatic rings. The number of hydrogen-bond donors (Lipinski definition) is 1. The molecule has 6 nitrogen and oxygen atoms in total. The van der Waals surface area contributed by atoms with Crippen LogP contribution < -0.4 is 10.2 Å². The lowest BCUT2D eigenvalue weighted by Gasteiger charge is -2.17. The molecule has 26 heavy (non-hydrogen) atoms. The summed E-state index contributed by atoms with van der Waals surface area (Å²) in [5, 5.41) is 3.24. The van der Waals surface area contributed by atoms with Crippen LogP contribution in [0.25, 0.3) is 0 Å². The maximum absolute atomic E-state index is 13.0. The lowest BCUT2D eigenvalue weighted by atomic mass is 10.2. The van der Waals surface area contributed by atoms with E-state index >= 15 is 0 Å². The van der Waals surface area contributed by atoms with Crippen LogP contribution in [0.3, 0.4) is 0 Å². The molecule has 130 valence electrons. The van der Waals surface area contributed by atoms with Gasteiger partial charge in [-0.1, -0.05) is 24.3 Å². The van der Waals surface area contributed by atoms with Crippen LogP contribution >= 0.6 is 0 Å². The number of benzene rings is 1. The van der Waals surface area contributed by atoms with Gasteiger partial charge in [-0.3, -0.25) is 9.78 Å². The van der Waals surface area contributed by atoms with E-state index in [1.807, 2.05) is 30.3 Å². The Balaban J connectivity index is 1.55. The van der Waals surface area contributed by atoms with Crippen LogP contribution in [0.1, 0.15) is 27.4 Å². The van der Waals surface area contributed by atoms with Gasteiger partial charge in [0.05, 0.1) is 0 Å². The summed E-state index contributed by atoms with van der Waals surface area (Å²) in [6, 6.07) is 13.6. The highest BCUT2D eigenvalue weighted by Crippen LogP contribution is 2.28. The summed E-state index contributed by atoms with van der Waals surface area (Å²) in [5.74, 6) is 1.11. The quantitative estimate of drug-likeness (QED) is 0.787. The molecule has 0 radical (unpaired) electrons. The van der Waals surface area contributed by atoms with Gasteiger partial charge in [0.15, 0.2) is 0 Å². The van der Waals surface area contributed by atoms with Gasteiger partial charge in [0.1, 0.15) is 17.3 Å². The first-order valence-electron chi connectivity index (χ1n) is 8.59. The minimum absolute atomic E-state index is 0.0927. The van der Waals surface area contributed by atoms with Crippen LogP contribution in [0, 0.1) is 6.92 Å². The van der Waals surface area contributed by atoms with Crippen molar-refractivity contribution in [3.8, 4) is 0 Å². The van der Waals surface area contributed by atoms with Crippen molar-refractivity contribution in [2.75, 3.05) is 16.8 Å². The highest BCUT2D eigenvalue weighted by Gasteiger charge is 2.26. The van der Waals surface area contributed by atoms with Crippen molar-refractivity contribution in [2.45, 2.75) is 19.9 Å². The predicted molar refractivity (Wildman–Crippen MR) is 100 cm³/mol. The third kappa shape index (κ3) is 3.26. The molecule has 1 N–H and O–H groups in total. The van der Waals surface area contributed by atoms with Crippen molar-refractivity contribution in [3.05, 3.63) is 77.5 Å². The SMILES string of the molecule is Cc1nc(NCc2cccnc2)cc(C(=O)N2CCc3ccccc32)n1. The summed E-state index contributed by atoms with van der Waals surface area (Å²) in [4.78, 5) is 27.6. The van der Waals surface area contributed by atoms with Crippen molar-refractivity contribution in [1.29, 1.82) is 0 Å². The number of carbonyl (C=O) groups is 1. The number of carbonyl (C=O) groups excluding carboxylic acids is 1. The maximum atomic E-state index is 13.0. The second-order valence-electron chi connectivity index (χ2n) is 6.24. The van der Waals surface area contributed by atoms with Crippen LogP contribution in [0.5, 0.6) is 0 Å². The smallest absolute Gasteiger partial charge is 0.277 e. The lowest BCUT2D eigenvalue weighted by Crippen LogP contribution is -2.30. The fourth-order valence-corrected chi connectivity index (χ4v) is 3.15. The molecule has 4 rings (SSSR count). The molecule has 0 bridgehead atoms. The number of para-hydroxylation sites is 1. The summed E-state index contributed by atoms with van der Waals surface area (Å²) in [7, 11) is 0. The van der Waals surface area contributed by atoms with Crippen LogP contribution in [0.2, 0.25) is 0 Å². The molecule has 3 aromatic rings. The molecule has 1 aliphatic heterocycles. The molecule has 2 aromatic heterocycles. The summed E-state index contributed by atoms with van der Waals surface area (Å²) < 4.78 is 0. The molecule has 0 saturated carbocycles. The van der Waals surface area contributed by atoms with Crippen LogP contribution in [-0.4, -0.2) is 27.4 Å². The summed E-state index contributed by atoms with van der Waals surface area (Å²) >= 11 is 0. The monoisotopic (exact) mass is 345 g/mol. The van der Waals surface area contributed by atoms with E-state index in [1.165, 1.54) is 5.56 Å². The van der Waals surface area contributed by atoms with Crippen LogP contribution in [-0.2, 0) is 13.0 Å². The van der Waals surface area contributed by atoms with Crippen molar-refractivity contribution in [2.24, 2.45) is 0 Å². The largest absolute Gasteiger partial charge is 0.366 e. The Morgan fingerprint density at radius 3 is 2.92 bits per heavy atom. The average molecular weight is 345 g/mol. The average Bonchev–Trinajstić information content (AvgIpc) is 3.10. The Kier molecular flexibility index (Phi) is 4.31. The van der Waals surface area contributed by atoms with E-state index in [9.17, 15) is 4.79 Å². The van der Waals surface area contributed by atoms with Gasteiger partial charge in [-0.25, -0.2) is 9.97 Å². The number of nitrogens with one attached hydrogen (secondary N) is 1. The zero-order valence-corrected chi connectivity index (χ0v) is 14.5. The van der Waals surface area contributed by atoms with Crippen molar-refractivity contribution in [1.82, 2.24) is 15.0 Å². The first kappa shape index (κ1) is 16.2. The molecule has 3 heterocycles. The molecule has 0 aliphatic carbocycles. The maximum Gasteiger partial charge on any atom is 0.277 e. The Morgan fingerprint density at radius 2 is 2.08 bits per heavy atom. The molecule has 1 aromatic carbocycles. The van der Waals surface area contributed by atoms with E-state index in [0.29, 0.717) is 30.4 Å². The topological polar surface area (TPSA) is 71.0 Å². The molecule has 1 amide bonds. The number of anilines is 2.